The second kappa shape index (κ2) is 8.80. The third kappa shape index (κ3) is 4.68. The average Bonchev–Trinajstić information content (AvgIpc) is 3.41. The van der Waals surface area contributed by atoms with E-state index in [2.05, 4.69) is 15.2 Å². The summed E-state index contributed by atoms with van der Waals surface area (Å²) in [5.74, 6) is -0.231. The highest BCUT2D eigenvalue weighted by Crippen LogP contribution is 2.31. The lowest BCUT2D eigenvalue weighted by atomic mass is 10.2. The minimum atomic E-state index is -0.454. The molecule has 5 nitrogen and oxygen atoms in total. The van der Waals surface area contributed by atoms with Gasteiger partial charge < -0.3 is 15.0 Å². The molecule has 2 aromatic carbocycles. The van der Waals surface area contributed by atoms with E-state index >= 15 is 0 Å². The Morgan fingerprint density at radius 2 is 1.97 bits per heavy atom. The third-order valence-corrected chi connectivity index (χ3v) is 5.71. The van der Waals surface area contributed by atoms with Crippen LogP contribution in [0.4, 0.5) is 15.8 Å². The molecule has 0 bridgehead atoms. The average molecular weight is 432 g/mol. The van der Waals surface area contributed by atoms with Crippen molar-refractivity contribution in [3.8, 4) is 5.75 Å². The summed E-state index contributed by atoms with van der Waals surface area (Å²) < 4.78 is 20.1. The van der Waals surface area contributed by atoms with E-state index in [1.807, 2.05) is 6.07 Å². The van der Waals surface area contributed by atoms with Crippen LogP contribution in [0.2, 0.25) is 5.02 Å². The largest absolute Gasteiger partial charge is 0.486 e. The van der Waals surface area contributed by atoms with Gasteiger partial charge in [-0.05, 0) is 49.2 Å². The number of amides is 1. The molecule has 0 radical (unpaired) electrons. The standard InChI is InChI=1S/C21H19ClFN3O2S/c22-14-6-8-15(9-7-14)28-12-19-24-17(13-29-19)21(27)25-20-16(23)4-3-5-18(20)26-10-1-2-11-26/h3-9,13H,1-2,10-12H2,(H,25,27). The van der Waals surface area contributed by atoms with Gasteiger partial charge in [0.25, 0.3) is 5.91 Å². The van der Waals surface area contributed by atoms with Crippen molar-refractivity contribution in [1.82, 2.24) is 4.98 Å². The van der Waals surface area contributed by atoms with Gasteiger partial charge in [-0.2, -0.15) is 0 Å². The zero-order chi connectivity index (χ0) is 20.2. The highest BCUT2D eigenvalue weighted by molar-refractivity contribution is 7.09. The molecule has 1 fully saturated rings. The first-order chi connectivity index (χ1) is 14.1. The molecule has 1 saturated heterocycles. The molecule has 0 spiro atoms. The maximum Gasteiger partial charge on any atom is 0.275 e. The van der Waals surface area contributed by atoms with Crippen LogP contribution in [0.1, 0.15) is 28.3 Å². The summed E-state index contributed by atoms with van der Waals surface area (Å²) in [7, 11) is 0. The molecule has 0 aliphatic carbocycles. The van der Waals surface area contributed by atoms with Crippen LogP contribution >= 0.6 is 22.9 Å². The third-order valence-electron chi connectivity index (χ3n) is 4.64. The van der Waals surface area contributed by atoms with E-state index in [4.69, 9.17) is 16.3 Å². The van der Waals surface area contributed by atoms with E-state index in [1.165, 1.54) is 17.4 Å². The maximum absolute atomic E-state index is 14.4. The number of carbonyl (C=O) groups excluding carboxylic acids is 1. The number of hydrogen-bond acceptors (Lipinski definition) is 5. The fourth-order valence-electron chi connectivity index (χ4n) is 3.19. The highest BCUT2D eigenvalue weighted by Gasteiger charge is 2.21. The number of anilines is 2. The summed E-state index contributed by atoms with van der Waals surface area (Å²) in [5.41, 5.74) is 1.14. The fourth-order valence-corrected chi connectivity index (χ4v) is 4.00. The number of thiazole rings is 1. The normalized spacial score (nSPS) is 13.5. The van der Waals surface area contributed by atoms with Crippen LogP contribution in [0, 0.1) is 5.82 Å². The van der Waals surface area contributed by atoms with Gasteiger partial charge in [0.05, 0.1) is 5.69 Å². The Bertz CT molecular complexity index is 1000. The summed E-state index contributed by atoms with van der Waals surface area (Å²) in [5, 5.41) is 5.63. The molecular formula is C21H19ClFN3O2S. The minimum Gasteiger partial charge on any atom is -0.486 e. The van der Waals surface area contributed by atoms with Gasteiger partial charge in [-0.15, -0.1) is 11.3 Å². The number of nitrogens with zero attached hydrogens (tertiary/aromatic N) is 2. The molecule has 1 aliphatic rings. The number of carbonyl (C=O) groups is 1. The molecule has 0 atom stereocenters. The number of nitrogens with one attached hydrogen (secondary N) is 1. The lowest BCUT2D eigenvalue weighted by Gasteiger charge is -2.21. The molecule has 0 unspecified atom stereocenters. The molecule has 4 rings (SSSR count). The first kappa shape index (κ1) is 19.7. The van der Waals surface area contributed by atoms with Crippen molar-refractivity contribution in [3.05, 3.63) is 69.4 Å². The second-order valence-electron chi connectivity index (χ2n) is 6.65. The van der Waals surface area contributed by atoms with Gasteiger partial charge in [0.1, 0.15) is 34.6 Å². The predicted octanol–water partition coefficient (Wildman–Crippen LogP) is 5.37. The highest BCUT2D eigenvalue weighted by atomic mass is 35.5. The lowest BCUT2D eigenvalue weighted by molar-refractivity contribution is 0.102. The fraction of sp³-hybridized carbons (Fsp3) is 0.238. The van der Waals surface area contributed by atoms with E-state index < -0.39 is 11.7 Å². The van der Waals surface area contributed by atoms with Crippen LogP contribution in [-0.4, -0.2) is 24.0 Å². The van der Waals surface area contributed by atoms with Crippen molar-refractivity contribution in [3.63, 3.8) is 0 Å². The number of halogens is 2. The molecule has 3 aromatic rings. The second-order valence-corrected chi connectivity index (χ2v) is 8.03. The Hall–Kier alpha value is -2.64. The number of benzene rings is 2. The van der Waals surface area contributed by atoms with Crippen LogP contribution in [0.5, 0.6) is 5.75 Å². The van der Waals surface area contributed by atoms with Crippen molar-refractivity contribution in [2.45, 2.75) is 19.4 Å². The van der Waals surface area contributed by atoms with Crippen LogP contribution < -0.4 is 15.0 Å². The quantitative estimate of drug-likeness (QED) is 0.570. The van der Waals surface area contributed by atoms with Gasteiger partial charge in [-0.1, -0.05) is 17.7 Å². The summed E-state index contributed by atoms with van der Waals surface area (Å²) in [6.45, 7) is 1.95. The van der Waals surface area contributed by atoms with E-state index in [0.29, 0.717) is 21.5 Å². The topological polar surface area (TPSA) is 54.5 Å². The zero-order valence-electron chi connectivity index (χ0n) is 15.5. The van der Waals surface area contributed by atoms with Crippen molar-refractivity contribution in [1.29, 1.82) is 0 Å². The first-order valence-corrected chi connectivity index (χ1v) is 10.5. The molecule has 8 heteroatoms. The minimum absolute atomic E-state index is 0.200. The summed E-state index contributed by atoms with van der Waals surface area (Å²) in [4.78, 5) is 19.1. The van der Waals surface area contributed by atoms with Crippen LogP contribution in [0.3, 0.4) is 0 Å². The van der Waals surface area contributed by atoms with Gasteiger partial charge in [-0.3, -0.25) is 4.79 Å². The van der Waals surface area contributed by atoms with E-state index in [1.54, 1.807) is 35.7 Å². The van der Waals surface area contributed by atoms with Crippen molar-refractivity contribution >= 4 is 40.2 Å². The lowest BCUT2D eigenvalue weighted by Crippen LogP contribution is -2.22. The maximum atomic E-state index is 14.4. The summed E-state index contributed by atoms with van der Waals surface area (Å²) in [6, 6.07) is 11.9. The van der Waals surface area contributed by atoms with E-state index in [0.717, 1.165) is 25.9 Å². The van der Waals surface area contributed by atoms with Gasteiger partial charge in [-0.25, -0.2) is 9.37 Å². The number of aromatic nitrogens is 1. The number of rotatable bonds is 6. The van der Waals surface area contributed by atoms with Gasteiger partial charge in [0.2, 0.25) is 0 Å². The smallest absolute Gasteiger partial charge is 0.275 e. The van der Waals surface area contributed by atoms with E-state index in [-0.39, 0.29) is 18.0 Å². The van der Waals surface area contributed by atoms with Gasteiger partial charge >= 0.3 is 0 Å². The molecule has 1 aliphatic heterocycles. The number of ether oxygens (including phenoxy) is 1. The van der Waals surface area contributed by atoms with Crippen LogP contribution in [0.15, 0.2) is 47.8 Å². The Morgan fingerprint density at radius 1 is 1.21 bits per heavy atom. The summed E-state index contributed by atoms with van der Waals surface area (Å²) in [6.07, 6.45) is 2.12. The molecule has 1 aromatic heterocycles. The Morgan fingerprint density at radius 3 is 2.72 bits per heavy atom. The number of para-hydroxylation sites is 1. The Labute approximate surface area is 177 Å². The monoisotopic (exact) mass is 431 g/mol. The Balaban J connectivity index is 1.44. The molecule has 1 N–H and O–H groups in total. The van der Waals surface area contributed by atoms with Crippen molar-refractivity contribution in [2.75, 3.05) is 23.3 Å². The SMILES string of the molecule is O=C(Nc1c(F)cccc1N1CCCC1)c1csc(COc2ccc(Cl)cc2)n1. The van der Waals surface area contributed by atoms with Crippen LogP contribution in [0.25, 0.3) is 0 Å². The zero-order valence-corrected chi connectivity index (χ0v) is 17.1. The van der Waals surface area contributed by atoms with Gasteiger partial charge in [0, 0.05) is 23.5 Å². The van der Waals surface area contributed by atoms with E-state index in [9.17, 15) is 9.18 Å². The first-order valence-electron chi connectivity index (χ1n) is 9.28. The van der Waals surface area contributed by atoms with Gasteiger partial charge in [0.15, 0.2) is 0 Å². The molecule has 150 valence electrons. The molecular weight excluding hydrogens is 413 g/mol. The molecule has 2 heterocycles. The molecule has 0 saturated carbocycles. The van der Waals surface area contributed by atoms with Crippen molar-refractivity contribution in [2.24, 2.45) is 0 Å². The van der Waals surface area contributed by atoms with Crippen molar-refractivity contribution < 1.29 is 13.9 Å². The predicted molar refractivity (Wildman–Crippen MR) is 114 cm³/mol. The number of hydrogen-bond donors (Lipinski definition) is 1. The molecule has 29 heavy (non-hydrogen) atoms. The van der Waals surface area contributed by atoms with Crippen LogP contribution in [-0.2, 0) is 6.61 Å². The Kier molecular flexibility index (Phi) is 5.97. The summed E-state index contributed by atoms with van der Waals surface area (Å²) >= 11 is 7.17. The molecule has 1 amide bonds.